The lowest BCUT2D eigenvalue weighted by molar-refractivity contribution is -0.142. The van der Waals surface area contributed by atoms with Crippen LogP contribution in [-0.2, 0) is 16.1 Å². The molecule has 0 saturated heterocycles. The molecular weight excluding hydrogens is 511 g/mol. The Kier molecular flexibility index (Phi) is 8.79. The molecule has 0 fully saturated rings. The summed E-state index contributed by atoms with van der Waals surface area (Å²) >= 11 is 12.9. The molecule has 0 aliphatic rings. The molecule has 0 heterocycles. The molecule has 28 heavy (non-hydrogen) atoms. The number of carbonyl (C=O) groups is 2. The highest BCUT2D eigenvalue weighted by Crippen LogP contribution is 2.27. The SMILES string of the molecule is CCNC(=O)[C@H](C)N(Cc1ccc(Br)cc1)C(=O)COc1ccc(Br)cc1Cl. The lowest BCUT2D eigenvalue weighted by Crippen LogP contribution is -2.49. The predicted molar refractivity (Wildman–Crippen MR) is 117 cm³/mol. The van der Waals surface area contributed by atoms with Gasteiger partial charge in [0.05, 0.1) is 5.02 Å². The summed E-state index contributed by atoms with van der Waals surface area (Å²) < 4.78 is 7.36. The van der Waals surface area contributed by atoms with Crippen molar-refractivity contribution in [2.24, 2.45) is 0 Å². The predicted octanol–water partition coefficient (Wildman–Crippen LogP) is 4.80. The molecule has 0 radical (unpaired) electrons. The number of carbonyl (C=O) groups excluding carboxylic acids is 2. The van der Waals surface area contributed by atoms with Crippen LogP contribution < -0.4 is 10.1 Å². The molecule has 0 aliphatic carbocycles. The van der Waals surface area contributed by atoms with E-state index >= 15 is 0 Å². The Morgan fingerprint density at radius 2 is 1.79 bits per heavy atom. The third-order valence-electron chi connectivity index (χ3n) is 4.03. The molecule has 0 aliphatic heterocycles. The first-order valence-electron chi connectivity index (χ1n) is 8.71. The Bertz CT molecular complexity index is 831. The van der Waals surface area contributed by atoms with Crippen LogP contribution in [0.3, 0.4) is 0 Å². The first kappa shape index (κ1) is 22.7. The molecule has 0 spiro atoms. The number of ether oxygens (including phenoxy) is 1. The molecular formula is C20H21Br2ClN2O3. The van der Waals surface area contributed by atoms with Crippen LogP contribution in [0.25, 0.3) is 0 Å². The summed E-state index contributed by atoms with van der Waals surface area (Å²) in [6.07, 6.45) is 0. The minimum atomic E-state index is -0.639. The largest absolute Gasteiger partial charge is 0.482 e. The smallest absolute Gasteiger partial charge is 0.261 e. The van der Waals surface area contributed by atoms with Crippen LogP contribution >= 0.6 is 43.5 Å². The third kappa shape index (κ3) is 6.50. The van der Waals surface area contributed by atoms with Gasteiger partial charge < -0.3 is 15.0 Å². The van der Waals surface area contributed by atoms with E-state index in [0.29, 0.717) is 23.9 Å². The van der Waals surface area contributed by atoms with Gasteiger partial charge in [0.15, 0.2) is 6.61 Å². The lowest BCUT2D eigenvalue weighted by atomic mass is 10.1. The topological polar surface area (TPSA) is 58.6 Å². The Balaban J connectivity index is 2.15. The average molecular weight is 533 g/mol. The summed E-state index contributed by atoms with van der Waals surface area (Å²) in [5.74, 6) is -0.109. The summed E-state index contributed by atoms with van der Waals surface area (Å²) in [5, 5.41) is 3.16. The molecule has 0 saturated carbocycles. The van der Waals surface area contributed by atoms with E-state index in [-0.39, 0.29) is 18.4 Å². The van der Waals surface area contributed by atoms with E-state index in [1.165, 1.54) is 4.90 Å². The van der Waals surface area contributed by atoms with E-state index < -0.39 is 6.04 Å². The minimum Gasteiger partial charge on any atom is -0.482 e. The molecule has 0 bridgehead atoms. The first-order valence-corrected chi connectivity index (χ1v) is 10.7. The van der Waals surface area contributed by atoms with Crippen LogP contribution in [-0.4, -0.2) is 35.9 Å². The van der Waals surface area contributed by atoms with Gasteiger partial charge >= 0.3 is 0 Å². The molecule has 0 unspecified atom stereocenters. The zero-order valence-electron chi connectivity index (χ0n) is 15.5. The minimum absolute atomic E-state index is 0.213. The number of benzene rings is 2. The number of amides is 2. The van der Waals surface area contributed by atoms with Gasteiger partial charge in [0.1, 0.15) is 11.8 Å². The number of hydrogen-bond acceptors (Lipinski definition) is 3. The van der Waals surface area contributed by atoms with Crippen molar-refractivity contribution in [1.82, 2.24) is 10.2 Å². The van der Waals surface area contributed by atoms with Crippen LogP contribution in [0, 0.1) is 0 Å². The van der Waals surface area contributed by atoms with Gasteiger partial charge in [-0.3, -0.25) is 9.59 Å². The van der Waals surface area contributed by atoms with E-state index in [2.05, 4.69) is 37.2 Å². The van der Waals surface area contributed by atoms with Crippen molar-refractivity contribution in [3.63, 3.8) is 0 Å². The maximum Gasteiger partial charge on any atom is 0.261 e. The van der Waals surface area contributed by atoms with E-state index in [1.807, 2.05) is 31.2 Å². The Morgan fingerprint density at radius 1 is 1.14 bits per heavy atom. The van der Waals surface area contributed by atoms with E-state index in [0.717, 1.165) is 14.5 Å². The maximum absolute atomic E-state index is 12.9. The van der Waals surface area contributed by atoms with Crippen LogP contribution in [0.2, 0.25) is 5.02 Å². The summed E-state index contributed by atoms with van der Waals surface area (Å²) in [4.78, 5) is 26.7. The number of likely N-dealkylation sites (N-methyl/N-ethyl adjacent to an activating group) is 1. The number of halogens is 3. The van der Waals surface area contributed by atoms with Crippen molar-refractivity contribution in [2.75, 3.05) is 13.2 Å². The second-order valence-electron chi connectivity index (χ2n) is 6.08. The molecule has 1 atom stereocenters. The van der Waals surface area contributed by atoms with Gasteiger partial charge in [-0.1, -0.05) is 55.6 Å². The molecule has 2 aromatic rings. The summed E-state index contributed by atoms with van der Waals surface area (Å²) in [6.45, 7) is 4.11. The molecule has 1 N–H and O–H groups in total. The van der Waals surface area contributed by atoms with Crippen molar-refractivity contribution in [2.45, 2.75) is 26.4 Å². The summed E-state index contributed by atoms with van der Waals surface area (Å²) in [7, 11) is 0. The van der Waals surface area contributed by atoms with E-state index in [9.17, 15) is 9.59 Å². The molecule has 2 rings (SSSR count). The van der Waals surface area contributed by atoms with Crippen molar-refractivity contribution in [3.05, 3.63) is 62.0 Å². The average Bonchev–Trinajstić information content (AvgIpc) is 2.66. The molecule has 2 aromatic carbocycles. The van der Waals surface area contributed by atoms with E-state index in [1.54, 1.807) is 25.1 Å². The first-order chi connectivity index (χ1) is 13.3. The third-order valence-corrected chi connectivity index (χ3v) is 5.35. The van der Waals surface area contributed by atoms with E-state index in [4.69, 9.17) is 16.3 Å². The van der Waals surface area contributed by atoms with Crippen molar-refractivity contribution in [1.29, 1.82) is 0 Å². The summed E-state index contributed by atoms with van der Waals surface area (Å²) in [6, 6.07) is 12.1. The van der Waals surface area contributed by atoms with Gasteiger partial charge in [-0.2, -0.15) is 0 Å². The van der Waals surface area contributed by atoms with Gasteiger partial charge in [0, 0.05) is 22.0 Å². The quantitative estimate of drug-likeness (QED) is 0.532. The number of nitrogens with one attached hydrogen (secondary N) is 1. The highest BCUT2D eigenvalue weighted by atomic mass is 79.9. The fraction of sp³-hybridized carbons (Fsp3) is 0.300. The number of hydrogen-bond donors (Lipinski definition) is 1. The summed E-state index contributed by atoms with van der Waals surface area (Å²) in [5.41, 5.74) is 0.911. The Morgan fingerprint density at radius 3 is 2.39 bits per heavy atom. The zero-order valence-corrected chi connectivity index (χ0v) is 19.5. The van der Waals surface area contributed by atoms with Crippen molar-refractivity contribution < 1.29 is 14.3 Å². The highest BCUT2D eigenvalue weighted by Gasteiger charge is 2.26. The fourth-order valence-electron chi connectivity index (χ4n) is 2.51. The molecule has 0 aromatic heterocycles. The number of rotatable bonds is 8. The van der Waals surface area contributed by atoms with Crippen LogP contribution in [0.5, 0.6) is 5.75 Å². The van der Waals surface area contributed by atoms with Crippen LogP contribution in [0.15, 0.2) is 51.4 Å². The molecule has 8 heteroatoms. The fourth-order valence-corrected chi connectivity index (χ4v) is 3.50. The normalized spacial score (nSPS) is 11.6. The van der Waals surface area contributed by atoms with Crippen molar-refractivity contribution in [3.8, 4) is 5.75 Å². The Hall–Kier alpha value is -1.57. The van der Waals surface area contributed by atoms with Crippen molar-refractivity contribution >= 4 is 55.3 Å². The standard InChI is InChI=1S/C20H21Br2ClN2O3/c1-3-24-20(27)13(2)25(11-14-4-6-15(21)7-5-14)19(26)12-28-18-9-8-16(22)10-17(18)23/h4-10,13H,3,11-12H2,1-2H3,(H,24,27)/t13-/m0/s1. The molecule has 150 valence electrons. The maximum atomic E-state index is 12.9. The van der Waals surface area contributed by atoms with Gasteiger partial charge in [0.25, 0.3) is 5.91 Å². The van der Waals surface area contributed by atoms with Crippen LogP contribution in [0.1, 0.15) is 19.4 Å². The molecule has 2 amide bonds. The van der Waals surface area contributed by atoms with Gasteiger partial charge in [-0.15, -0.1) is 0 Å². The van der Waals surface area contributed by atoms with Crippen LogP contribution in [0.4, 0.5) is 0 Å². The zero-order chi connectivity index (χ0) is 20.7. The van der Waals surface area contributed by atoms with Gasteiger partial charge in [0.2, 0.25) is 5.91 Å². The number of nitrogens with zero attached hydrogens (tertiary/aromatic N) is 1. The second kappa shape index (κ2) is 10.8. The van der Waals surface area contributed by atoms with Gasteiger partial charge in [-0.25, -0.2) is 0 Å². The second-order valence-corrected chi connectivity index (χ2v) is 8.32. The Labute approximate surface area is 186 Å². The lowest BCUT2D eigenvalue weighted by Gasteiger charge is -2.28. The molecule has 5 nitrogen and oxygen atoms in total. The highest BCUT2D eigenvalue weighted by molar-refractivity contribution is 9.10. The monoisotopic (exact) mass is 530 g/mol. The van der Waals surface area contributed by atoms with Gasteiger partial charge in [-0.05, 0) is 49.7 Å².